The van der Waals surface area contributed by atoms with Gasteiger partial charge < -0.3 is 35.2 Å². The lowest BCUT2D eigenvalue weighted by atomic mass is 10.0. The standard InChI is InChI=1S/C39H47N5O12S/c1-38(2,3)56-36(51)40-29-14-8-6-4-5-7-13-25-19-39(25,35(50)42-57(53,54)27-15-16-31(45)28(18-27)34(48)49)41-32(46)30-17-26(22-44(30)33(29)47)55-37(52)43-20-23-11-9-10-12-24(23)21-43/h7,9-13,15-16,18,25-26,29-30,45H,4-6,8,14,17,19-22H2,1-3H3,(H,40,51)(H,41,46)(H,42,50)(H,48,49)/b13-7-/t25-,26-,29+,30+,39-/m1/s1. The number of nitrogens with zero attached hydrogens (tertiary/aromatic N) is 2. The van der Waals surface area contributed by atoms with E-state index in [2.05, 4.69) is 10.6 Å². The molecule has 0 bridgehead atoms. The maximum absolute atomic E-state index is 14.4. The molecule has 5 atom stereocenters. The average molecular weight is 810 g/mol. The fourth-order valence-corrected chi connectivity index (χ4v) is 8.48. The highest BCUT2D eigenvalue weighted by Gasteiger charge is 2.62. The van der Waals surface area contributed by atoms with Gasteiger partial charge in [-0.2, -0.15) is 0 Å². The number of ether oxygens (including phenoxy) is 2. The molecule has 5 N–H and O–H groups in total. The second kappa shape index (κ2) is 16.1. The van der Waals surface area contributed by atoms with E-state index < -0.39 is 97.4 Å². The molecule has 2 aromatic rings. The lowest BCUT2D eigenvalue weighted by molar-refractivity contribution is -0.141. The summed E-state index contributed by atoms with van der Waals surface area (Å²) in [6, 6.07) is 7.64. The van der Waals surface area contributed by atoms with Crippen LogP contribution in [0.5, 0.6) is 5.75 Å². The SMILES string of the molecule is CC(C)(C)OC(=O)N[C@H]1CCCCC/C=C\[C@@H]2C[C@@]2(C(=O)NS(=O)(=O)c2ccc(O)c(C(=O)O)c2)NC(=O)[C@@H]2C[C@@H](OC(=O)N3Cc4ccccc4C3)CN2C1=O. The summed E-state index contributed by atoms with van der Waals surface area (Å²) in [5.74, 6) is -5.46. The molecule has 306 valence electrons. The fraction of sp³-hybridized carbons (Fsp3) is 0.487. The predicted molar refractivity (Wildman–Crippen MR) is 201 cm³/mol. The first-order chi connectivity index (χ1) is 26.9. The number of nitrogens with one attached hydrogen (secondary N) is 3. The molecule has 2 aromatic carbocycles. The van der Waals surface area contributed by atoms with Crippen molar-refractivity contribution < 1.29 is 56.9 Å². The van der Waals surface area contributed by atoms with Crippen LogP contribution in [0.1, 0.15) is 87.2 Å². The molecule has 4 aliphatic rings. The number of aromatic carboxylic acids is 1. The van der Waals surface area contributed by atoms with Crippen molar-refractivity contribution in [1.29, 1.82) is 0 Å². The van der Waals surface area contributed by atoms with Crippen molar-refractivity contribution in [3.05, 3.63) is 71.3 Å². The van der Waals surface area contributed by atoms with E-state index in [0.717, 1.165) is 23.3 Å². The number of fused-ring (bicyclic) bond motifs is 3. The molecule has 57 heavy (non-hydrogen) atoms. The third-order valence-corrected chi connectivity index (χ3v) is 11.8. The van der Waals surface area contributed by atoms with Gasteiger partial charge in [0.2, 0.25) is 11.8 Å². The molecule has 6 rings (SSSR count). The van der Waals surface area contributed by atoms with E-state index in [1.807, 2.05) is 35.1 Å². The van der Waals surface area contributed by atoms with Gasteiger partial charge >= 0.3 is 18.2 Å². The molecule has 18 heteroatoms. The number of carboxylic acids is 1. The molecule has 1 aliphatic carbocycles. The number of benzene rings is 2. The Morgan fingerprint density at radius 1 is 1.00 bits per heavy atom. The topological polar surface area (TPSA) is 238 Å². The van der Waals surface area contributed by atoms with E-state index in [1.54, 1.807) is 26.8 Å². The summed E-state index contributed by atoms with van der Waals surface area (Å²) in [4.78, 5) is 82.7. The van der Waals surface area contributed by atoms with Gasteiger partial charge in [-0.15, -0.1) is 0 Å². The number of aromatic hydroxyl groups is 1. The highest BCUT2D eigenvalue weighted by molar-refractivity contribution is 7.90. The first kappa shape index (κ1) is 41.0. The summed E-state index contributed by atoms with van der Waals surface area (Å²) in [6.07, 6.45) is 3.64. The summed E-state index contributed by atoms with van der Waals surface area (Å²) >= 11 is 0. The third kappa shape index (κ3) is 9.32. The molecule has 2 fully saturated rings. The molecule has 3 heterocycles. The van der Waals surface area contributed by atoms with Crippen molar-refractivity contribution in [3.8, 4) is 5.75 Å². The van der Waals surface area contributed by atoms with Crippen LogP contribution in [0.4, 0.5) is 9.59 Å². The maximum atomic E-state index is 14.4. The van der Waals surface area contributed by atoms with E-state index in [0.29, 0.717) is 44.8 Å². The molecule has 5 amide bonds. The van der Waals surface area contributed by atoms with Gasteiger partial charge in [0, 0.05) is 25.4 Å². The molecule has 1 saturated heterocycles. The second-order valence-corrected chi connectivity index (χ2v) is 17.5. The molecule has 1 saturated carbocycles. The van der Waals surface area contributed by atoms with Crippen LogP contribution in [0, 0.1) is 5.92 Å². The highest BCUT2D eigenvalue weighted by atomic mass is 32.2. The zero-order valence-electron chi connectivity index (χ0n) is 31.9. The molecular formula is C39H47N5O12S. The van der Waals surface area contributed by atoms with Gasteiger partial charge in [-0.05, 0) is 75.8 Å². The summed E-state index contributed by atoms with van der Waals surface area (Å²) in [5.41, 5.74) is -1.43. The summed E-state index contributed by atoms with van der Waals surface area (Å²) < 4.78 is 40.1. The Labute approximate surface area is 329 Å². The second-order valence-electron chi connectivity index (χ2n) is 15.8. The number of allylic oxidation sites excluding steroid dienone is 1. The molecule has 17 nitrogen and oxygen atoms in total. The number of rotatable bonds is 6. The molecule has 0 unspecified atom stereocenters. The summed E-state index contributed by atoms with van der Waals surface area (Å²) in [7, 11) is -4.71. The van der Waals surface area contributed by atoms with Crippen LogP contribution in [0.25, 0.3) is 0 Å². The minimum atomic E-state index is -4.71. The number of hydrogen-bond acceptors (Lipinski definition) is 11. The number of carbonyl (C=O) groups excluding carboxylic acids is 5. The van der Waals surface area contributed by atoms with E-state index in [9.17, 15) is 47.4 Å². The maximum Gasteiger partial charge on any atom is 0.410 e. The minimum Gasteiger partial charge on any atom is -0.507 e. The Hall–Kier alpha value is -5.65. The lowest BCUT2D eigenvalue weighted by Crippen LogP contribution is -2.58. The van der Waals surface area contributed by atoms with Crippen LogP contribution >= 0.6 is 0 Å². The van der Waals surface area contributed by atoms with Gasteiger partial charge in [-0.3, -0.25) is 19.3 Å². The van der Waals surface area contributed by atoms with Crippen molar-refractivity contribution >= 4 is 45.9 Å². The Kier molecular flexibility index (Phi) is 11.6. The van der Waals surface area contributed by atoms with Crippen LogP contribution in [0.3, 0.4) is 0 Å². The van der Waals surface area contributed by atoms with E-state index >= 15 is 0 Å². The van der Waals surface area contributed by atoms with Crippen molar-refractivity contribution in [3.63, 3.8) is 0 Å². The number of alkyl carbamates (subject to hydrolysis) is 1. The van der Waals surface area contributed by atoms with Crippen LogP contribution in [-0.4, -0.2) is 100 Å². The first-order valence-electron chi connectivity index (χ1n) is 18.8. The van der Waals surface area contributed by atoms with Gasteiger partial charge in [0.05, 0.1) is 11.4 Å². The Morgan fingerprint density at radius 3 is 2.37 bits per heavy atom. The smallest absolute Gasteiger partial charge is 0.410 e. The van der Waals surface area contributed by atoms with Crippen molar-refractivity contribution in [2.75, 3.05) is 6.54 Å². The zero-order chi connectivity index (χ0) is 41.3. The molecule has 0 aromatic heterocycles. The van der Waals surface area contributed by atoms with Crippen LogP contribution in [0.2, 0.25) is 0 Å². The van der Waals surface area contributed by atoms with E-state index in [1.165, 1.54) is 9.80 Å². The number of amides is 5. The molecular weight excluding hydrogens is 763 g/mol. The third-order valence-electron chi connectivity index (χ3n) is 10.4. The van der Waals surface area contributed by atoms with Gasteiger partial charge in [0.25, 0.3) is 15.9 Å². The number of phenols is 1. The highest BCUT2D eigenvalue weighted by Crippen LogP contribution is 2.46. The van der Waals surface area contributed by atoms with Gasteiger partial charge in [-0.25, -0.2) is 27.5 Å². The number of sulfonamides is 1. The fourth-order valence-electron chi connectivity index (χ4n) is 7.42. The number of carboxylic acid groups (broad SMARTS) is 1. The average Bonchev–Trinajstić information content (AvgIpc) is 3.43. The Balaban J connectivity index is 1.27. The summed E-state index contributed by atoms with van der Waals surface area (Å²) in [6.45, 7) is 5.45. The van der Waals surface area contributed by atoms with Crippen molar-refractivity contribution in [2.24, 2.45) is 5.92 Å². The van der Waals surface area contributed by atoms with Crippen LogP contribution in [-0.2, 0) is 47.0 Å². The Morgan fingerprint density at radius 2 is 1.70 bits per heavy atom. The lowest BCUT2D eigenvalue weighted by Gasteiger charge is -2.30. The zero-order valence-corrected chi connectivity index (χ0v) is 32.7. The van der Waals surface area contributed by atoms with Crippen LogP contribution < -0.4 is 15.4 Å². The van der Waals surface area contributed by atoms with Crippen molar-refractivity contribution in [1.82, 2.24) is 25.2 Å². The molecule has 0 radical (unpaired) electrons. The van der Waals surface area contributed by atoms with Crippen molar-refractivity contribution in [2.45, 2.75) is 113 Å². The molecule has 0 spiro atoms. The van der Waals surface area contributed by atoms with Gasteiger partial charge in [0.15, 0.2) is 0 Å². The largest absolute Gasteiger partial charge is 0.507 e. The Bertz CT molecular complexity index is 2070. The van der Waals surface area contributed by atoms with Gasteiger partial charge in [-0.1, -0.05) is 49.3 Å². The summed E-state index contributed by atoms with van der Waals surface area (Å²) in [5, 5.41) is 24.7. The monoisotopic (exact) mass is 809 g/mol. The quantitative estimate of drug-likeness (QED) is 0.264. The number of carbonyl (C=O) groups is 6. The normalized spacial score (nSPS) is 25.7. The number of hydrogen-bond donors (Lipinski definition) is 5. The van der Waals surface area contributed by atoms with E-state index in [4.69, 9.17) is 9.47 Å². The van der Waals surface area contributed by atoms with Gasteiger partial charge in [0.1, 0.15) is 40.6 Å². The molecule has 3 aliphatic heterocycles. The first-order valence-corrected chi connectivity index (χ1v) is 20.3. The van der Waals surface area contributed by atoms with Crippen LogP contribution in [0.15, 0.2) is 59.5 Å². The van der Waals surface area contributed by atoms with E-state index in [-0.39, 0.29) is 25.8 Å². The minimum absolute atomic E-state index is 0.00394. The predicted octanol–water partition coefficient (Wildman–Crippen LogP) is 3.31.